The van der Waals surface area contributed by atoms with Crippen LogP contribution in [0.5, 0.6) is 0 Å². The Morgan fingerprint density at radius 1 is 1.36 bits per heavy atom. The van der Waals surface area contributed by atoms with Crippen molar-refractivity contribution in [3.8, 4) is 0 Å². The van der Waals surface area contributed by atoms with E-state index in [0.29, 0.717) is 12.5 Å². The highest BCUT2D eigenvalue weighted by Gasteiger charge is 2.24. The minimum atomic E-state index is 0.114. The number of nitrogens with one attached hydrogen (secondary N) is 2. The lowest BCUT2D eigenvalue weighted by atomic mass is 10.1. The average Bonchev–Trinajstić information content (AvgIpc) is 2.87. The van der Waals surface area contributed by atoms with Gasteiger partial charge in [0.15, 0.2) is 0 Å². The molecule has 2 atom stereocenters. The van der Waals surface area contributed by atoms with Crippen molar-refractivity contribution in [2.75, 3.05) is 7.05 Å². The van der Waals surface area contributed by atoms with Gasteiger partial charge in [-0.2, -0.15) is 0 Å². The van der Waals surface area contributed by atoms with E-state index in [-0.39, 0.29) is 11.9 Å². The lowest BCUT2D eigenvalue weighted by molar-refractivity contribution is -0.121. The van der Waals surface area contributed by atoms with Gasteiger partial charge >= 0.3 is 0 Å². The summed E-state index contributed by atoms with van der Waals surface area (Å²) in [5, 5.41) is 6.10. The zero-order chi connectivity index (χ0) is 10.6. The number of carbonyl (C=O) groups excluding carboxylic acids is 1. The van der Waals surface area contributed by atoms with Crippen molar-refractivity contribution in [2.24, 2.45) is 5.92 Å². The van der Waals surface area contributed by atoms with Gasteiger partial charge in [-0.05, 0) is 26.2 Å². The minimum Gasteiger partial charge on any atom is -0.359 e. The van der Waals surface area contributed by atoms with E-state index in [1.807, 2.05) is 0 Å². The van der Waals surface area contributed by atoms with Crippen LogP contribution in [0.3, 0.4) is 0 Å². The Morgan fingerprint density at radius 2 is 2.00 bits per heavy atom. The Morgan fingerprint density at radius 3 is 2.50 bits per heavy atom. The maximum absolute atomic E-state index is 11.1. The Kier molecular flexibility index (Phi) is 4.39. The molecule has 0 heterocycles. The summed E-state index contributed by atoms with van der Waals surface area (Å²) in [7, 11) is 1.68. The van der Waals surface area contributed by atoms with Crippen LogP contribution in [-0.2, 0) is 4.79 Å². The second kappa shape index (κ2) is 5.35. The van der Waals surface area contributed by atoms with E-state index in [2.05, 4.69) is 24.5 Å². The fourth-order valence-corrected chi connectivity index (χ4v) is 1.85. The molecule has 0 radical (unpaired) electrons. The van der Waals surface area contributed by atoms with Gasteiger partial charge in [-0.15, -0.1) is 0 Å². The second-order valence-corrected chi connectivity index (χ2v) is 4.53. The van der Waals surface area contributed by atoms with E-state index in [1.54, 1.807) is 7.05 Å². The molecule has 1 rings (SSSR count). The fraction of sp³-hybridized carbons (Fsp3) is 0.909. The molecule has 82 valence electrons. The Hall–Kier alpha value is -0.570. The summed E-state index contributed by atoms with van der Waals surface area (Å²) in [6.45, 7) is 4.28. The molecule has 0 bridgehead atoms. The van der Waals surface area contributed by atoms with Crippen LogP contribution >= 0.6 is 0 Å². The molecule has 3 nitrogen and oxygen atoms in total. The summed E-state index contributed by atoms with van der Waals surface area (Å²) < 4.78 is 0. The van der Waals surface area contributed by atoms with Gasteiger partial charge in [-0.25, -0.2) is 0 Å². The topological polar surface area (TPSA) is 41.1 Å². The molecule has 3 heteroatoms. The van der Waals surface area contributed by atoms with Crippen molar-refractivity contribution in [1.82, 2.24) is 10.6 Å². The number of hydrogen-bond donors (Lipinski definition) is 2. The highest BCUT2D eigenvalue weighted by Crippen LogP contribution is 2.33. The maximum Gasteiger partial charge on any atom is 0.221 e. The van der Waals surface area contributed by atoms with Gasteiger partial charge < -0.3 is 10.6 Å². The Bertz CT molecular complexity index is 190. The number of carbonyl (C=O) groups is 1. The summed E-state index contributed by atoms with van der Waals surface area (Å²) >= 11 is 0. The van der Waals surface area contributed by atoms with E-state index in [4.69, 9.17) is 0 Å². The van der Waals surface area contributed by atoms with Crippen molar-refractivity contribution >= 4 is 5.91 Å². The molecule has 1 aliphatic carbocycles. The first kappa shape index (κ1) is 11.5. The molecular weight excluding hydrogens is 176 g/mol. The highest BCUT2D eigenvalue weighted by molar-refractivity contribution is 5.76. The van der Waals surface area contributed by atoms with Crippen molar-refractivity contribution in [3.63, 3.8) is 0 Å². The van der Waals surface area contributed by atoms with Gasteiger partial charge in [-0.3, -0.25) is 4.79 Å². The molecule has 2 unspecified atom stereocenters. The first-order valence-corrected chi connectivity index (χ1v) is 5.58. The van der Waals surface area contributed by atoms with Crippen LogP contribution in [0.25, 0.3) is 0 Å². The molecule has 2 N–H and O–H groups in total. The molecular formula is C11H22N2O. The van der Waals surface area contributed by atoms with Gasteiger partial charge in [0.05, 0.1) is 0 Å². The molecule has 1 amide bonds. The molecule has 14 heavy (non-hydrogen) atoms. The number of rotatable bonds is 6. The van der Waals surface area contributed by atoms with Crippen LogP contribution in [0, 0.1) is 5.92 Å². The monoisotopic (exact) mass is 198 g/mol. The molecule has 0 aromatic heterocycles. The normalized spacial score (nSPS) is 20.2. The quantitative estimate of drug-likeness (QED) is 0.675. The van der Waals surface area contributed by atoms with Gasteiger partial charge in [0.25, 0.3) is 0 Å². The lowest BCUT2D eigenvalue weighted by Gasteiger charge is -2.19. The fourth-order valence-electron chi connectivity index (χ4n) is 1.85. The van der Waals surface area contributed by atoms with Crippen LogP contribution in [0.2, 0.25) is 0 Å². The molecule has 0 saturated heterocycles. The summed E-state index contributed by atoms with van der Waals surface area (Å²) in [6, 6.07) is 0.825. The van der Waals surface area contributed by atoms with Crippen molar-refractivity contribution < 1.29 is 4.79 Å². The first-order chi connectivity index (χ1) is 6.61. The lowest BCUT2D eigenvalue weighted by Crippen LogP contribution is -2.38. The average molecular weight is 198 g/mol. The Labute approximate surface area is 86.6 Å². The standard InChI is InChI=1S/C11H22N2O/c1-8(6-10-4-5-10)13-9(2)7-11(14)12-3/h8-10,13H,4-7H2,1-3H3,(H,12,14). The maximum atomic E-state index is 11.1. The van der Waals surface area contributed by atoms with E-state index in [1.165, 1.54) is 19.3 Å². The zero-order valence-corrected chi connectivity index (χ0v) is 9.47. The van der Waals surface area contributed by atoms with E-state index in [0.717, 1.165) is 5.92 Å². The SMILES string of the molecule is CNC(=O)CC(C)NC(C)CC1CC1. The molecule has 0 spiro atoms. The third-order valence-electron chi connectivity index (χ3n) is 2.72. The number of amides is 1. The van der Waals surface area contributed by atoms with Crippen molar-refractivity contribution in [2.45, 2.75) is 51.6 Å². The van der Waals surface area contributed by atoms with E-state index >= 15 is 0 Å². The molecule has 1 aliphatic rings. The van der Waals surface area contributed by atoms with Gasteiger partial charge in [-0.1, -0.05) is 12.8 Å². The van der Waals surface area contributed by atoms with E-state index in [9.17, 15) is 4.79 Å². The smallest absolute Gasteiger partial charge is 0.221 e. The molecule has 1 fully saturated rings. The van der Waals surface area contributed by atoms with Gasteiger partial charge in [0, 0.05) is 25.6 Å². The largest absolute Gasteiger partial charge is 0.359 e. The van der Waals surface area contributed by atoms with Crippen LogP contribution in [0.4, 0.5) is 0 Å². The predicted molar refractivity (Wildman–Crippen MR) is 58.1 cm³/mol. The van der Waals surface area contributed by atoms with Crippen LogP contribution in [-0.4, -0.2) is 25.0 Å². The molecule has 1 saturated carbocycles. The molecule has 0 aromatic carbocycles. The van der Waals surface area contributed by atoms with Crippen molar-refractivity contribution in [3.05, 3.63) is 0 Å². The highest BCUT2D eigenvalue weighted by atomic mass is 16.1. The third-order valence-corrected chi connectivity index (χ3v) is 2.72. The Balaban J connectivity index is 2.10. The predicted octanol–water partition coefficient (Wildman–Crippen LogP) is 1.29. The van der Waals surface area contributed by atoms with E-state index < -0.39 is 0 Å². The summed E-state index contributed by atoms with van der Waals surface area (Å²) in [5.41, 5.74) is 0. The third kappa shape index (κ3) is 4.61. The zero-order valence-electron chi connectivity index (χ0n) is 9.47. The second-order valence-electron chi connectivity index (χ2n) is 4.53. The van der Waals surface area contributed by atoms with Gasteiger partial charge in [0.2, 0.25) is 5.91 Å². The van der Waals surface area contributed by atoms with Crippen LogP contribution < -0.4 is 10.6 Å². The summed E-state index contributed by atoms with van der Waals surface area (Å²) in [4.78, 5) is 11.1. The number of hydrogen-bond acceptors (Lipinski definition) is 2. The van der Waals surface area contributed by atoms with Crippen LogP contribution in [0.15, 0.2) is 0 Å². The summed E-state index contributed by atoms with van der Waals surface area (Å²) in [6.07, 6.45) is 4.63. The summed E-state index contributed by atoms with van der Waals surface area (Å²) in [5.74, 6) is 1.06. The minimum absolute atomic E-state index is 0.114. The van der Waals surface area contributed by atoms with Crippen LogP contribution in [0.1, 0.15) is 39.5 Å². The van der Waals surface area contributed by atoms with Gasteiger partial charge in [0.1, 0.15) is 0 Å². The van der Waals surface area contributed by atoms with Crippen molar-refractivity contribution in [1.29, 1.82) is 0 Å². The first-order valence-electron chi connectivity index (χ1n) is 5.58. The molecule has 0 aliphatic heterocycles. The molecule has 0 aromatic rings.